The summed E-state index contributed by atoms with van der Waals surface area (Å²) in [5.74, 6) is 0. The molecule has 0 aromatic carbocycles. The first-order valence-corrected chi connectivity index (χ1v) is 6.49. The second kappa shape index (κ2) is 4.84. The number of aromatic amines is 1. The molecule has 0 spiro atoms. The van der Waals surface area contributed by atoms with Crippen molar-refractivity contribution >= 4 is 11.8 Å². The third kappa shape index (κ3) is 2.50. The van der Waals surface area contributed by atoms with E-state index in [2.05, 4.69) is 39.3 Å². The van der Waals surface area contributed by atoms with Crippen LogP contribution in [0.1, 0.15) is 35.6 Å². The van der Waals surface area contributed by atoms with E-state index >= 15 is 0 Å². The van der Waals surface area contributed by atoms with Crippen LogP contribution in [0.15, 0.2) is 23.3 Å². The van der Waals surface area contributed by atoms with Crippen LogP contribution in [0, 0.1) is 13.8 Å². The Morgan fingerprint density at radius 3 is 2.89 bits per heavy atom. The molecule has 19 heavy (non-hydrogen) atoms. The molecule has 0 radical (unpaired) electrons. The molecule has 0 atom stereocenters. The minimum Gasteiger partial charge on any atom is -0.280 e. The van der Waals surface area contributed by atoms with Gasteiger partial charge >= 0.3 is 0 Å². The Morgan fingerprint density at radius 2 is 2.21 bits per heavy atom. The molecule has 0 saturated heterocycles. The van der Waals surface area contributed by atoms with Crippen molar-refractivity contribution in [1.82, 2.24) is 20.0 Å². The lowest BCUT2D eigenvalue weighted by Crippen LogP contribution is -2.04. The SMILES string of the molecule is Cc1cc(C)n(Cc2cc(C3=CN=CCC3)n[nH]2)n1. The van der Waals surface area contributed by atoms with Crippen molar-refractivity contribution in [3.05, 3.63) is 41.1 Å². The second-order valence-electron chi connectivity index (χ2n) is 4.89. The number of nitrogens with zero attached hydrogens (tertiary/aromatic N) is 4. The Morgan fingerprint density at radius 1 is 1.32 bits per heavy atom. The van der Waals surface area contributed by atoms with Gasteiger partial charge in [-0.1, -0.05) is 0 Å². The Labute approximate surface area is 112 Å². The van der Waals surface area contributed by atoms with Crippen molar-refractivity contribution < 1.29 is 0 Å². The molecular formula is C14H17N5. The van der Waals surface area contributed by atoms with Crippen molar-refractivity contribution in [3.8, 4) is 0 Å². The number of aliphatic imine (C=N–C) groups is 1. The topological polar surface area (TPSA) is 58.9 Å². The fourth-order valence-corrected chi connectivity index (χ4v) is 2.30. The van der Waals surface area contributed by atoms with E-state index in [4.69, 9.17) is 0 Å². The molecule has 98 valence electrons. The third-order valence-corrected chi connectivity index (χ3v) is 3.26. The zero-order valence-corrected chi connectivity index (χ0v) is 11.2. The van der Waals surface area contributed by atoms with Crippen molar-refractivity contribution in [3.63, 3.8) is 0 Å². The molecular weight excluding hydrogens is 238 g/mol. The minimum absolute atomic E-state index is 0.725. The van der Waals surface area contributed by atoms with Gasteiger partial charge in [-0.05, 0) is 44.4 Å². The maximum atomic E-state index is 4.46. The van der Waals surface area contributed by atoms with Crippen LogP contribution in [0.2, 0.25) is 0 Å². The minimum atomic E-state index is 0.725. The van der Waals surface area contributed by atoms with Crippen LogP contribution < -0.4 is 0 Å². The van der Waals surface area contributed by atoms with E-state index in [9.17, 15) is 0 Å². The largest absolute Gasteiger partial charge is 0.280 e. The smallest absolute Gasteiger partial charge is 0.0899 e. The predicted molar refractivity (Wildman–Crippen MR) is 75.1 cm³/mol. The van der Waals surface area contributed by atoms with Crippen molar-refractivity contribution in [2.45, 2.75) is 33.2 Å². The lowest BCUT2D eigenvalue weighted by Gasteiger charge is -2.03. The lowest BCUT2D eigenvalue weighted by atomic mass is 10.1. The molecule has 0 aliphatic carbocycles. The zero-order valence-electron chi connectivity index (χ0n) is 11.2. The van der Waals surface area contributed by atoms with Gasteiger partial charge in [0.1, 0.15) is 0 Å². The quantitative estimate of drug-likeness (QED) is 0.916. The molecule has 5 nitrogen and oxygen atoms in total. The molecule has 0 saturated carbocycles. The first-order valence-electron chi connectivity index (χ1n) is 6.49. The summed E-state index contributed by atoms with van der Waals surface area (Å²) in [5.41, 5.74) is 5.46. The van der Waals surface area contributed by atoms with Crippen molar-refractivity contribution in [2.75, 3.05) is 0 Å². The molecule has 2 aromatic heterocycles. The van der Waals surface area contributed by atoms with Gasteiger partial charge in [0.15, 0.2) is 0 Å². The molecule has 0 unspecified atom stereocenters. The number of H-pyrrole nitrogens is 1. The Bertz CT molecular complexity index is 645. The highest BCUT2D eigenvalue weighted by atomic mass is 15.3. The van der Waals surface area contributed by atoms with Crippen LogP contribution in [0.4, 0.5) is 0 Å². The summed E-state index contributed by atoms with van der Waals surface area (Å²) in [6, 6.07) is 4.17. The first kappa shape index (κ1) is 11.9. The number of aromatic nitrogens is 4. The summed E-state index contributed by atoms with van der Waals surface area (Å²) in [6.07, 6.45) is 5.83. The van der Waals surface area contributed by atoms with E-state index in [1.165, 1.54) is 5.57 Å². The van der Waals surface area contributed by atoms with E-state index < -0.39 is 0 Å². The summed E-state index contributed by atoms with van der Waals surface area (Å²) < 4.78 is 1.99. The lowest BCUT2D eigenvalue weighted by molar-refractivity contribution is 0.645. The summed E-state index contributed by atoms with van der Waals surface area (Å²) >= 11 is 0. The fraction of sp³-hybridized carbons (Fsp3) is 0.357. The molecule has 0 amide bonds. The van der Waals surface area contributed by atoms with Crippen LogP contribution in [-0.4, -0.2) is 26.2 Å². The van der Waals surface area contributed by atoms with Gasteiger partial charge in [0.25, 0.3) is 0 Å². The highest BCUT2D eigenvalue weighted by Crippen LogP contribution is 2.21. The van der Waals surface area contributed by atoms with Gasteiger partial charge in [-0.25, -0.2) is 0 Å². The van der Waals surface area contributed by atoms with Crippen LogP contribution >= 0.6 is 0 Å². The van der Waals surface area contributed by atoms with E-state index in [1.807, 2.05) is 24.0 Å². The molecule has 5 heteroatoms. The van der Waals surface area contributed by atoms with Gasteiger partial charge in [0.2, 0.25) is 0 Å². The number of hydrogen-bond acceptors (Lipinski definition) is 3. The second-order valence-corrected chi connectivity index (χ2v) is 4.89. The number of rotatable bonds is 3. The molecule has 3 rings (SSSR count). The standard InChI is InChI=1S/C14H17N5/c1-10-6-11(2)19(18-10)9-13-7-14(17-16-13)12-4-3-5-15-8-12/h5-8H,3-4,9H2,1-2H3,(H,16,17). The van der Waals surface area contributed by atoms with Crippen LogP contribution in [-0.2, 0) is 6.54 Å². The van der Waals surface area contributed by atoms with Crippen LogP contribution in [0.25, 0.3) is 5.57 Å². The zero-order chi connectivity index (χ0) is 13.2. The summed E-state index contributed by atoms with van der Waals surface area (Å²) in [5, 5.41) is 11.9. The third-order valence-electron chi connectivity index (χ3n) is 3.26. The molecule has 1 N–H and O–H groups in total. The number of nitrogens with one attached hydrogen (secondary N) is 1. The van der Waals surface area contributed by atoms with Crippen molar-refractivity contribution in [1.29, 1.82) is 0 Å². The summed E-state index contributed by atoms with van der Waals surface area (Å²) in [4.78, 5) is 4.19. The molecule has 2 aromatic rings. The highest BCUT2D eigenvalue weighted by Gasteiger charge is 2.10. The number of hydrogen-bond donors (Lipinski definition) is 1. The van der Waals surface area contributed by atoms with E-state index in [0.717, 1.165) is 42.2 Å². The monoisotopic (exact) mass is 255 g/mol. The van der Waals surface area contributed by atoms with Gasteiger partial charge in [0, 0.05) is 18.1 Å². The molecule has 1 aliphatic rings. The van der Waals surface area contributed by atoms with E-state index in [-0.39, 0.29) is 0 Å². The fourth-order valence-electron chi connectivity index (χ4n) is 2.30. The average Bonchev–Trinajstić information content (AvgIpc) is 2.99. The molecule has 0 bridgehead atoms. The Hall–Kier alpha value is -2.17. The first-order chi connectivity index (χ1) is 9.22. The van der Waals surface area contributed by atoms with Gasteiger partial charge in [-0.3, -0.25) is 14.8 Å². The van der Waals surface area contributed by atoms with Crippen LogP contribution in [0.5, 0.6) is 0 Å². The average molecular weight is 255 g/mol. The van der Waals surface area contributed by atoms with Gasteiger partial charge in [-0.15, -0.1) is 0 Å². The van der Waals surface area contributed by atoms with Crippen LogP contribution in [0.3, 0.4) is 0 Å². The van der Waals surface area contributed by atoms with Gasteiger partial charge in [-0.2, -0.15) is 10.2 Å². The van der Waals surface area contributed by atoms with E-state index in [1.54, 1.807) is 0 Å². The maximum Gasteiger partial charge on any atom is 0.0899 e. The molecule has 1 aliphatic heterocycles. The van der Waals surface area contributed by atoms with E-state index in [0.29, 0.717) is 0 Å². The molecule has 0 fully saturated rings. The maximum absolute atomic E-state index is 4.46. The Balaban J connectivity index is 1.80. The van der Waals surface area contributed by atoms with Crippen molar-refractivity contribution in [2.24, 2.45) is 4.99 Å². The Kier molecular flexibility index (Phi) is 3.03. The number of aryl methyl sites for hydroxylation is 2. The van der Waals surface area contributed by atoms with Gasteiger partial charge < -0.3 is 0 Å². The predicted octanol–water partition coefficient (Wildman–Crippen LogP) is 2.48. The van der Waals surface area contributed by atoms with Gasteiger partial charge in [0.05, 0.1) is 23.6 Å². The summed E-state index contributed by atoms with van der Waals surface area (Å²) in [7, 11) is 0. The molecule has 3 heterocycles. The normalized spacial score (nSPS) is 14.7. The summed E-state index contributed by atoms with van der Waals surface area (Å²) in [6.45, 7) is 4.80. The highest BCUT2D eigenvalue weighted by molar-refractivity contribution is 5.72. The number of allylic oxidation sites excluding steroid dienone is 1.